The van der Waals surface area contributed by atoms with Gasteiger partial charge in [-0.1, -0.05) is 50.2 Å². The van der Waals surface area contributed by atoms with Crippen molar-refractivity contribution in [3.8, 4) is 11.5 Å². The van der Waals surface area contributed by atoms with Gasteiger partial charge >= 0.3 is 0 Å². The number of phenols is 1. The minimum Gasteiger partial charge on any atom is -0.508 e. The van der Waals surface area contributed by atoms with Gasteiger partial charge in [0.25, 0.3) is 0 Å². The molecule has 0 saturated heterocycles. The predicted molar refractivity (Wildman–Crippen MR) is 87.5 cm³/mol. The second-order valence-electron chi connectivity index (χ2n) is 5.79. The number of hydrogen-bond acceptors (Lipinski definition) is 3. The average molecular weight is 298 g/mol. The Bertz CT molecular complexity index is 618. The number of benzene rings is 2. The van der Waals surface area contributed by atoms with Crippen molar-refractivity contribution in [3.05, 3.63) is 59.7 Å². The van der Waals surface area contributed by atoms with Gasteiger partial charge in [-0.25, -0.2) is 0 Å². The molecule has 0 unspecified atom stereocenters. The molecule has 3 nitrogen and oxygen atoms in total. The van der Waals surface area contributed by atoms with E-state index in [2.05, 4.69) is 13.8 Å². The highest BCUT2D eigenvalue weighted by molar-refractivity contribution is 5.97. The first kappa shape index (κ1) is 16.1. The lowest BCUT2D eigenvalue weighted by molar-refractivity contribution is 0.0992. The van der Waals surface area contributed by atoms with E-state index in [1.54, 1.807) is 30.3 Å². The van der Waals surface area contributed by atoms with Crippen LogP contribution in [0.25, 0.3) is 0 Å². The first-order valence-electron chi connectivity index (χ1n) is 7.59. The van der Waals surface area contributed by atoms with E-state index >= 15 is 0 Å². The fraction of sp³-hybridized carbons (Fsp3) is 0.316. The Labute approximate surface area is 131 Å². The third-order valence-electron chi connectivity index (χ3n) is 3.47. The van der Waals surface area contributed by atoms with Crippen molar-refractivity contribution in [2.75, 3.05) is 6.61 Å². The van der Waals surface area contributed by atoms with Crippen molar-refractivity contribution in [2.24, 2.45) is 5.92 Å². The van der Waals surface area contributed by atoms with E-state index in [1.807, 2.05) is 18.2 Å². The van der Waals surface area contributed by atoms with Gasteiger partial charge in [0.1, 0.15) is 11.5 Å². The van der Waals surface area contributed by atoms with Crippen LogP contribution in [-0.4, -0.2) is 17.5 Å². The maximum Gasteiger partial charge on any atom is 0.167 e. The van der Waals surface area contributed by atoms with Crippen molar-refractivity contribution >= 4 is 5.78 Å². The molecule has 0 bridgehead atoms. The quantitative estimate of drug-likeness (QED) is 0.778. The maximum atomic E-state index is 12.2. The first-order chi connectivity index (χ1) is 10.6. The van der Waals surface area contributed by atoms with Crippen LogP contribution in [0.1, 0.15) is 36.2 Å². The molecule has 3 heteroatoms. The molecule has 0 aromatic heterocycles. The first-order valence-corrected chi connectivity index (χ1v) is 7.59. The van der Waals surface area contributed by atoms with Gasteiger partial charge in [-0.3, -0.25) is 4.79 Å². The lowest BCUT2D eigenvalue weighted by Gasteiger charge is -2.10. The molecule has 0 aliphatic heterocycles. The fourth-order valence-corrected chi connectivity index (χ4v) is 2.09. The normalized spacial score (nSPS) is 10.7. The Kier molecular flexibility index (Phi) is 5.59. The largest absolute Gasteiger partial charge is 0.508 e. The van der Waals surface area contributed by atoms with E-state index in [0.29, 0.717) is 29.4 Å². The smallest absolute Gasteiger partial charge is 0.167 e. The van der Waals surface area contributed by atoms with Crippen LogP contribution in [0.5, 0.6) is 11.5 Å². The Morgan fingerprint density at radius 3 is 2.50 bits per heavy atom. The van der Waals surface area contributed by atoms with E-state index in [4.69, 9.17) is 4.74 Å². The fourth-order valence-electron chi connectivity index (χ4n) is 2.09. The molecule has 0 spiro atoms. The lowest BCUT2D eigenvalue weighted by Crippen LogP contribution is -2.04. The Balaban J connectivity index is 1.99. The number of phenolic OH excluding ortho intramolecular Hbond substituents is 1. The number of aromatic hydroxyl groups is 1. The number of hydrogen-bond donors (Lipinski definition) is 1. The molecule has 1 N–H and O–H groups in total. The number of Topliss-reactive ketones (excluding diaryl/α,β-unsaturated/α-hetero) is 1. The van der Waals surface area contributed by atoms with Gasteiger partial charge in [-0.15, -0.1) is 0 Å². The summed E-state index contributed by atoms with van der Waals surface area (Å²) in [7, 11) is 0. The molecule has 116 valence electrons. The predicted octanol–water partition coefficient (Wildman–Crippen LogP) is 4.24. The molecule has 2 aromatic carbocycles. The van der Waals surface area contributed by atoms with Gasteiger partial charge in [0.15, 0.2) is 5.78 Å². The molecule has 0 aliphatic carbocycles. The van der Waals surface area contributed by atoms with Gasteiger partial charge in [-0.2, -0.15) is 0 Å². The van der Waals surface area contributed by atoms with Crippen LogP contribution >= 0.6 is 0 Å². The standard InChI is InChI=1S/C19H22O3/c1-14(2)10-11-22-17-9-8-16(19(21)13-17)12-18(20)15-6-4-3-5-7-15/h3-9,13-14,21H,10-12H2,1-2H3. The van der Waals surface area contributed by atoms with Crippen molar-refractivity contribution < 1.29 is 14.6 Å². The van der Waals surface area contributed by atoms with E-state index in [9.17, 15) is 9.90 Å². The van der Waals surface area contributed by atoms with Crippen LogP contribution in [0, 0.1) is 5.92 Å². The van der Waals surface area contributed by atoms with Crippen LogP contribution < -0.4 is 4.74 Å². The molecule has 0 fully saturated rings. The molecule has 0 aliphatic rings. The number of rotatable bonds is 7. The highest BCUT2D eigenvalue weighted by atomic mass is 16.5. The summed E-state index contributed by atoms with van der Waals surface area (Å²) >= 11 is 0. The van der Waals surface area contributed by atoms with Gasteiger partial charge in [0, 0.05) is 23.6 Å². The van der Waals surface area contributed by atoms with Crippen molar-refractivity contribution in [2.45, 2.75) is 26.7 Å². The summed E-state index contributed by atoms with van der Waals surface area (Å²) in [6, 6.07) is 14.2. The summed E-state index contributed by atoms with van der Waals surface area (Å²) in [5, 5.41) is 10.1. The molecule has 0 saturated carbocycles. The van der Waals surface area contributed by atoms with Gasteiger partial charge in [0.2, 0.25) is 0 Å². The summed E-state index contributed by atoms with van der Waals surface area (Å²) in [5.41, 5.74) is 1.27. The second-order valence-corrected chi connectivity index (χ2v) is 5.79. The molecule has 0 amide bonds. The molecule has 0 heterocycles. The minimum absolute atomic E-state index is 0.00984. The SMILES string of the molecule is CC(C)CCOc1ccc(CC(=O)c2ccccc2)c(O)c1. The molecular formula is C19H22O3. The van der Waals surface area contributed by atoms with Crippen molar-refractivity contribution in [1.29, 1.82) is 0 Å². The summed E-state index contributed by atoms with van der Waals surface area (Å²) in [6.45, 7) is 4.90. The van der Waals surface area contributed by atoms with Crippen LogP contribution in [0.4, 0.5) is 0 Å². The molecule has 0 atom stereocenters. The van der Waals surface area contributed by atoms with E-state index in [0.717, 1.165) is 6.42 Å². The summed E-state index contributed by atoms with van der Waals surface area (Å²) in [6.07, 6.45) is 1.15. The van der Waals surface area contributed by atoms with Crippen LogP contribution in [0.2, 0.25) is 0 Å². The summed E-state index contributed by atoms with van der Waals surface area (Å²) in [4.78, 5) is 12.2. The highest BCUT2D eigenvalue weighted by Gasteiger charge is 2.10. The Morgan fingerprint density at radius 1 is 1.14 bits per heavy atom. The third kappa shape index (κ3) is 4.62. The summed E-state index contributed by atoms with van der Waals surface area (Å²) < 4.78 is 5.60. The zero-order chi connectivity index (χ0) is 15.9. The maximum absolute atomic E-state index is 12.2. The number of carbonyl (C=O) groups is 1. The Morgan fingerprint density at radius 2 is 1.86 bits per heavy atom. The second kappa shape index (κ2) is 7.64. The molecule has 2 rings (SSSR count). The zero-order valence-electron chi connectivity index (χ0n) is 13.1. The number of ketones is 1. The van der Waals surface area contributed by atoms with Gasteiger partial charge in [-0.05, 0) is 18.4 Å². The van der Waals surface area contributed by atoms with E-state index in [-0.39, 0.29) is 18.0 Å². The van der Waals surface area contributed by atoms with E-state index < -0.39 is 0 Å². The minimum atomic E-state index is -0.00984. The number of carbonyl (C=O) groups excluding carboxylic acids is 1. The van der Waals surface area contributed by atoms with E-state index in [1.165, 1.54) is 0 Å². The van der Waals surface area contributed by atoms with Crippen LogP contribution in [-0.2, 0) is 6.42 Å². The lowest BCUT2D eigenvalue weighted by atomic mass is 10.0. The third-order valence-corrected chi connectivity index (χ3v) is 3.47. The van der Waals surface area contributed by atoms with Crippen molar-refractivity contribution in [1.82, 2.24) is 0 Å². The Hall–Kier alpha value is -2.29. The molecule has 0 radical (unpaired) electrons. The molecular weight excluding hydrogens is 276 g/mol. The monoisotopic (exact) mass is 298 g/mol. The zero-order valence-corrected chi connectivity index (χ0v) is 13.1. The van der Waals surface area contributed by atoms with Gasteiger partial charge < -0.3 is 9.84 Å². The average Bonchev–Trinajstić information content (AvgIpc) is 2.50. The molecule has 22 heavy (non-hydrogen) atoms. The van der Waals surface area contributed by atoms with Crippen molar-refractivity contribution in [3.63, 3.8) is 0 Å². The molecule has 2 aromatic rings. The van der Waals surface area contributed by atoms with Gasteiger partial charge in [0.05, 0.1) is 6.61 Å². The highest BCUT2D eigenvalue weighted by Crippen LogP contribution is 2.25. The number of ether oxygens (including phenoxy) is 1. The van der Waals surface area contributed by atoms with Crippen LogP contribution in [0.3, 0.4) is 0 Å². The topological polar surface area (TPSA) is 46.5 Å². The summed E-state index contributed by atoms with van der Waals surface area (Å²) in [5.74, 6) is 1.31. The van der Waals surface area contributed by atoms with Crippen LogP contribution in [0.15, 0.2) is 48.5 Å².